The van der Waals surface area contributed by atoms with Gasteiger partial charge in [0, 0.05) is 17.8 Å². The van der Waals surface area contributed by atoms with Crippen molar-refractivity contribution >= 4 is 11.8 Å². The summed E-state index contributed by atoms with van der Waals surface area (Å²) in [6.45, 7) is 0. The molecule has 1 aromatic heterocycles. The average Bonchev–Trinajstić information content (AvgIpc) is 3.47. The second kappa shape index (κ2) is 9.20. The highest BCUT2D eigenvalue weighted by Gasteiger charge is 2.43. The molecule has 31 heavy (non-hydrogen) atoms. The first-order chi connectivity index (χ1) is 15.1. The molecule has 1 heterocycles. The van der Waals surface area contributed by atoms with Gasteiger partial charge in [0.15, 0.2) is 5.82 Å². The maximum Gasteiger partial charge on any atom is 0.304 e. The molecule has 3 aromatic rings. The Morgan fingerprint density at radius 2 is 1.68 bits per heavy atom. The Morgan fingerprint density at radius 1 is 1.00 bits per heavy atom. The van der Waals surface area contributed by atoms with Crippen LogP contribution in [0.25, 0.3) is 11.1 Å². The van der Waals surface area contributed by atoms with Gasteiger partial charge in [0.25, 0.3) is 0 Å². The van der Waals surface area contributed by atoms with E-state index in [2.05, 4.69) is 57.0 Å². The number of aliphatic carboxylic acids is 1. The number of rotatable bonds is 9. The number of carboxylic acid groups (broad SMARTS) is 1. The zero-order valence-electron chi connectivity index (χ0n) is 17.3. The van der Waals surface area contributed by atoms with Crippen molar-refractivity contribution in [3.63, 3.8) is 0 Å². The number of tetrazole rings is 1. The van der Waals surface area contributed by atoms with E-state index in [9.17, 15) is 14.7 Å². The van der Waals surface area contributed by atoms with E-state index in [1.54, 1.807) is 0 Å². The van der Waals surface area contributed by atoms with Crippen LogP contribution in [0.3, 0.4) is 0 Å². The van der Waals surface area contributed by atoms with Crippen LogP contribution < -0.4 is 0 Å². The largest absolute Gasteiger partial charge is 0.481 e. The highest BCUT2D eigenvalue weighted by Crippen LogP contribution is 2.44. The van der Waals surface area contributed by atoms with E-state index < -0.39 is 11.4 Å². The molecule has 0 amide bonds. The molecule has 0 saturated heterocycles. The molecule has 7 heteroatoms. The molecule has 2 N–H and O–H groups in total. The topological polar surface area (TPSA) is 109 Å². The lowest BCUT2D eigenvalue weighted by Gasteiger charge is -2.27. The Kier molecular flexibility index (Phi) is 6.21. The van der Waals surface area contributed by atoms with Gasteiger partial charge >= 0.3 is 5.97 Å². The predicted molar refractivity (Wildman–Crippen MR) is 115 cm³/mol. The third-order valence-electron chi connectivity index (χ3n) is 6.34. The van der Waals surface area contributed by atoms with E-state index >= 15 is 0 Å². The lowest BCUT2D eigenvalue weighted by Crippen LogP contribution is -2.32. The first kappa shape index (κ1) is 20.9. The fraction of sp³-hybridized carbons (Fsp3) is 0.375. The van der Waals surface area contributed by atoms with Gasteiger partial charge in [-0.3, -0.25) is 9.59 Å². The molecule has 1 aliphatic rings. The minimum absolute atomic E-state index is 0.00288. The number of ketones is 1. The molecule has 160 valence electrons. The average molecular weight is 418 g/mol. The highest BCUT2D eigenvalue weighted by molar-refractivity contribution is 5.89. The van der Waals surface area contributed by atoms with Crippen molar-refractivity contribution in [1.29, 1.82) is 0 Å². The number of nitrogens with zero attached hydrogens (tertiary/aromatic N) is 3. The summed E-state index contributed by atoms with van der Waals surface area (Å²) in [4.78, 5) is 24.7. The van der Waals surface area contributed by atoms with Gasteiger partial charge in [0.05, 0.1) is 6.42 Å². The van der Waals surface area contributed by atoms with Crippen LogP contribution in [0.2, 0.25) is 0 Å². The van der Waals surface area contributed by atoms with Crippen LogP contribution in [0.1, 0.15) is 55.8 Å². The van der Waals surface area contributed by atoms with Crippen LogP contribution in [0.4, 0.5) is 0 Å². The van der Waals surface area contributed by atoms with Crippen LogP contribution >= 0.6 is 0 Å². The van der Waals surface area contributed by atoms with Crippen molar-refractivity contribution in [2.75, 3.05) is 0 Å². The summed E-state index contributed by atoms with van der Waals surface area (Å²) in [6.07, 6.45) is 3.78. The van der Waals surface area contributed by atoms with Crippen LogP contribution in [0, 0.1) is 5.41 Å². The molecule has 0 unspecified atom stereocenters. The predicted octanol–water partition coefficient (Wildman–Crippen LogP) is 4.19. The van der Waals surface area contributed by atoms with Crippen molar-refractivity contribution in [2.24, 2.45) is 5.41 Å². The van der Waals surface area contributed by atoms with Crippen LogP contribution in [0.5, 0.6) is 0 Å². The van der Waals surface area contributed by atoms with E-state index in [1.807, 2.05) is 18.2 Å². The Morgan fingerprint density at radius 3 is 2.29 bits per heavy atom. The molecule has 0 radical (unpaired) electrons. The zero-order chi connectivity index (χ0) is 21.7. The molecule has 1 atom stereocenters. The molecule has 1 saturated carbocycles. The van der Waals surface area contributed by atoms with Crippen LogP contribution in [-0.4, -0.2) is 37.5 Å². The fourth-order valence-corrected chi connectivity index (χ4v) is 4.68. The van der Waals surface area contributed by atoms with E-state index in [-0.39, 0.29) is 24.5 Å². The van der Waals surface area contributed by atoms with E-state index in [4.69, 9.17) is 0 Å². The Bertz CT molecular complexity index is 1010. The molecular weight excluding hydrogens is 392 g/mol. The molecule has 1 aliphatic carbocycles. The Labute approximate surface area is 180 Å². The highest BCUT2D eigenvalue weighted by atomic mass is 16.4. The number of aromatic amines is 1. The minimum atomic E-state index is -0.914. The normalized spacial score (nSPS) is 16.1. The number of benzene rings is 2. The summed E-state index contributed by atoms with van der Waals surface area (Å²) in [5.74, 6) is -0.671. The number of hydrogen-bond acceptors (Lipinski definition) is 5. The quantitative estimate of drug-likeness (QED) is 0.539. The number of carbonyl (C=O) groups is 2. The lowest BCUT2D eigenvalue weighted by molar-refractivity contribution is -0.144. The molecule has 0 spiro atoms. The Hall–Kier alpha value is -3.35. The van der Waals surface area contributed by atoms with Gasteiger partial charge in [-0.05, 0) is 36.0 Å². The summed E-state index contributed by atoms with van der Waals surface area (Å²) < 4.78 is 0. The maximum atomic E-state index is 13.3. The summed E-state index contributed by atoms with van der Waals surface area (Å²) in [6, 6.07) is 18.4. The fourth-order valence-electron chi connectivity index (χ4n) is 4.68. The van der Waals surface area contributed by atoms with E-state index in [0.29, 0.717) is 25.1 Å². The van der Waals surface area contributed by atoms with Gasteiger partial charge in [0.2, 0.25) is 0 Å². The Balaban J connectivity index is 1.52. The molecule has 0 bridgehead atoms. The summed E-state index contributed by atoms with van der Waals surface area (Å²) in [7, 11) is 0. The first-order valence-corrected chi connectivity index (χ1v) is 10.7. The van der Waals surface area contributed by atoms with Crippen molar-refractivity contribution in [1.82, 2.24) is 20.6 Å². The van der Waals surface area contributed by atoms with E-state index in [0.717, 1.165) is 29.5 Å². The number of carbonyl (C=O) groups excluding carboxylic acids is 1. The third kappa shape index (κ3) is 4.87. The molecule has 7 nitrogen and oxygen atoms in total. The first-order valence-electron chi connectivity index (χ1n) is 10.7. The standard InChI is InChI=1S/C24H26N4O3/c29-21(24(16-22(30)31)12-4-5-13-24)15-20(23-25-27-28-26-23)14-17-8-10-19(11-9-17)18-6-2-1-3-7-18/h1-3,6-11,20H,4-5,12-16H2,(H,30,31)(H,25,26,27,28)/t20-/m1/s1. The van der Waals surface area contributed by atoms with Crippen molar-refractivity contribution in [3.05, 3.63) is 66.0 Å². The number of Topliss-reactive ketones (excluding diaryl/α,β-unsaturated/α-hetero) is 1. The molecule has 1 fully saturated rings. The van der Waals surface area contributed by atoms with Crippen LogP contribution in [0.15, 0.2) is 54.6 Å². The van der Waals surface area contributed by atoms with Crippen LogP contribution in [-0.2, 0) is 16.0 Å². The van der Waals surface area contributed by atoms with Gasteiger partial charge in [-0.2, -0.15) is 5.21 Å². The van der Waals surface area contributed by atoms with Gasteiger partial charge < -0.3 is 5.11 Å². The third-order valence-corrected chi connectivity index (χ3v) is 6.34. The van der Waals surface area contributed by atoms with Gasteiger partial charge in [-0.15, -0.1) is 10.2 Å². The lowest BCUT2D eigenvalue weighted by atomic mass is 9.75. The second-order valence-corrected chi connectivity index (χ2v) is 8.42. The SMILES string of the molecule is O=C(O)CC1(C(=O)C[C@@H](Cc2ccc(-c3ccccc3)cc2)c2nn[nH]n2)CCCC1. The maximum absolute atomic E-state index is 13.3. The number of H-pyrrole nitrogens is 1. The summed E-state index contributed by atoms with van der Waals surface area (Å²) in [5.41, 5.74) is 2.59. The summed E-state index contributed by atoms with van der Waals surface area (Å²) in [5, 5.41) is 23.8. The second-order valence-electron chi connectivity index (χ2n) is 8.42. The number of hydrogen-bond donors (Lipinski definition) is 2. The van der Waals surface area contributed by atoms with Crippen molar-refractivity contribution < 1.29 is 14.7 Å². The molecule has 2 aromatic carbocycles. The van der Waals surface area contributed by atoms with E-state index in [1.165, 1.54) is 0 Å². The monoisotopic (exact) mass is 418 g/mol. The van der Waals surface area contributed by atoms with Crippen molar-refractivity contribution in [2.45, 2.75) is 50.9 Å². The number of aromatic nitrogens is 4. The number of nitrogens with one attached hydrogen (secondary N) is 1. The summed E-state index contributed by atoms with van der Waals surface area (Å²) >= 11 is 0. The molecule has 4 rings (SSSR count). The molecule has 0 aliphatic heterocycles. The zero-order valence-corrected chi connectivity index (χ0v) is 17.3. The van der Waals surface area contributed by atoms with Gasteiger partial charge in [-0.25, -0.2) is 0 Å². The number of carboxylic acids is 1. The minimum Gasteiger partial charge on any atom is -0.481 e. The molecular formula is C24H26N4O3. The van der Waals surface area contributed by atoms with Crippen molar-refractivity contribution in [3.8, 4) is 11.1 Å². The smallest absolute Gasteiger partial charge is 0.304 e. The van der Waals surface area contributed by atoms with Gasteiger partial charge in [-0.1, -0.05) is 72.7 Å². The van der Waals surface area contributed by atoms with Gasteiger partial charge in [0.1, 0.15) is 5.78 Å².